The normalized spacial score (nSPS) is 14.5. The smallest absolute Gasteiger partial charge is 0.328 e. The van der Waals surface area contributed by atoms with Gasteiger partial charge in [-0.05, 0) is 37.3 Å². The Hall–Kier alpha value is -3.27. The number of anilines is 1. The molecule has 35 heavy (non-hydrogen) atoms. The minimum Gasteiger partial charge on any atom is -0.378 e. The molecule has 2 aromatic heterocycles. The third kappa shape index (κ3) is 4.09. The molecule has 0 spiro atoms. The topological polar surface area (TPSA) is 89.6 Å². The molecule has 0 saturated carbocycles. The molecule has 4 aromatic rings. The number of hydrogen-bond donors (Lipinski definition) is 1. The van der Waals surface area contributed by atoms with Crippen LogP contribution in [0.2, 0.25) is 10.0 Å². The van der Waals surface area contributed by atoms with Crippen molar-refractivity contribution in [1.82, 2.24) is 18.9 Å². The number of nitrogens with one attached hydrogen (secondary N) is 1. The Morgan fingerprint density at radius 1 is 1.00 bits per heavy atom. The molecule has 1 N–H and O–H groups in total. The fourth-order valence-electron chi connectivity index (χ4n) is 4.36. The lowest BCUT2D eigenvalue weighted by Crippen LogP contribution is -2.36. The van der Waals surface area contributed by atoms with E-state index in [4.69, 9.17) is 32.9 Å². The third-order valence-electron chi connectivity index (χ3n) is 6.32. The molecule has 0 unspecified atom stereocenters. The van der Waals surface area contributed by atoms with E-state index in [1.807, 2.05) is 12.1 Å². The summed E-state index contributed by atoms with van der Waals surface area (Å²) in [5.74, 6) is 0. The Balaban J connectivity index is 1.63. The Kier molecular flexibility index (Phi) is 6.08. The quantitative estimate of drug-likeness (QED) is 0.421. The van der Waals surface area contributed by atoms with Crippen LogP contribution >= 0.6 is 23.2 Å². The number of H-pyrrole nitrogens is 1. The van der Waals surface area contributed by atoms with Gasteiger partial charge in [-0.2, -0.15) is 0 Å². The lowest BCUT2D eigenvalue weighted by molar-refractivity contribution is 0.123. The summed E-state index contributed by atoms with van der Waals surface area (Å²) < 4.78 is 10.1. The van der Waals surface area contributed by atoms with Crippen LogP contribution in [0, 0.1) is 6.92 Å². The molecular weight excluding hydrogens is 491 g/mol. The summed E-state index contributed by atoms with van der Waals surface area (Å²) >= 11 is 12.4. The lowest BCUT2D eigenvalue weighted by atomic mass is 10.2. The van der Waals surface area contributed by atoms with Crippen LogP contribution in [0.25, 0.3) is 16.7 Å². The molecule has 1 aliphatic rings. The van der Waals surface area contributed by atoms with Crippen molar-refractivity contribution in [1.29, 1.82) is 0 Å². The van der Waals surface area contributed by atoms with Gasteiger partial charge in [-0.1, -0.05) is 23.2 Å². The van der Waals surface area contributed by atoms with Crippen LogP contribution in [-0.4, -0.2) is 51.4 Å². The zero-order valence-corrected chi connectivity index (χ0v) is 21.0. The highest BCUT2D eigenvalue weighted by atomic mass is 35.5. The fraction of sp³-hybridized carbons (Fsp3) is 0.292. The van der Waals surface area contributed by atoms with E-state index in [1.165, 1.54) is 4.68 Å². The van der Waals surface area contributed by atoms with E-state index >= 15 is 0 Å². The number of morpholine rings is 1. The maximum Gasteiger partial charge on any atom is 0.328 e. The summed E-state index contributed by atoms with van der Waals surface area (Å²) in [7, 11) is 3.49. The Morgan fingerprint density at radius 3 is 2.40 bits per heavy atom. The first-order valence-electron chi connectivity index (χ1n) is 11.1. The van der Waals surface area contributed by atoms with Crippen molar-refractivity contribution >= 4 is 51.8 Å². The van der Waals surface area contributed by atoms with E-state index in [-0.39, 0.29) is 11.2 Å². The summed E-state index contributed by atoms with van der Waals surface area (Å²) in [5.41, 5.74) is 4.20. The van der Waals surface area contributed by atoms with Crippen molar-refractivity contribution in [3.8, 4) is 5.69 Å². The van der Waals surface area contributed by atoms with Gasteiger partial charge in [0.15, 0.2) is 0 Å². The van der Waals surface area contributed by atoms with Gasteiger partial charge in [-0.15, -0.1) is 0 Å². The van der Waals surface area contributed by atoms with Gasteiger partial charge in [-0.25, -0.2) is 9.48 Å². The van der Waals surface area contributed by atoms with Crippen molar-refractivity contribution < 1.29 is 4.74 Å². The highest BCUT2D eigenvalue weighted by molar-refractivity contribution is 6.34. The second-order valence-corrected chi connectivity index (χ2v) is 9.32. The number of aryl methyl sites for hydroxylation is 3. The van der Waals surface area contributed by atoms with E-state index in [1.54, 1.807) is 54.6 Å². The number of benzene rings is 2. The van der Waals surface area contributed by atoms with Crippen LogP contribution < -0.4 is 16.1 Å². The molecule has 11 heteroatoms. The summed E-state index contributed by atoms with van der Waals surface area (Å²) in [6.07, 6.45) is 1.55. The van der Waals surface area contributed by atoms with Crippen molar-refractivity contribution in [3.63, 3.8) is 0 Å². The highest BCUT2D eigenvalue weighted by Gasteiger charge is 2.19. The summed E-state index contributed by atoms with van der Waals surface area (Å²) in [4.78, 5) is 32.7. The predicted molar refractivity (Wildman–Crippen MR) is 140 cm³/mol. The number of aliphatic imine (C=N–C) groups is 1. The van der Waals surface area contributed by atoms with Crippen molar-refractivity contribution in [2.24, 2.45) is 19.1 Å². The maximum absolute atomic E-state index is 13.2. The number of aromatic amines is 1. The first kappa shape index (κ1) is 23.5. The molecular formula is C24H24Cl2N6O3. The second-order valence-electron chi connectivity index (χ2n) is 8.47. The predicted octanol–water partition coefficient (Wildman–Crippen LogP) is 3.56. The van der Waals surface area contributed by atoms with Crippen molar-refractivity contribution in [2.75, 3.05) is 31.2 Å². The number of imidazole rings is 1. The molecule has 2 aromatic carbocycles. The molecule has 0 atom stereocenters. The van der Waals surface area contributed by atoms with E-state index in [0.717, 1.165) is 16.7 Å². The molecule has 0 bridgehead atoms. The average molecular weight is 515 g/mol. The van der Waals surface area contributed by atoms with Gasteiger partial charge in [0.25, 0.3) is 5.56 Å². The SMILES string of the molecule is Cc1[nH]n(-c2cc(Cl)ccc2Cl)c(=O)c1C=Nc1cc2c(cc1N1CCOCC1)n(C)c(=O)n2C. The summed E-state index contributed by atoms with van der Waals surface area (Å²) in [5, 5.41) is 3.92. The number of hydrogen-bond acceptors (Lipinski definition) is 5. The molecule has 182 valence electrons. The number of rotatable bonds is 4. The first-order chi connectivity index (χ1) is 16.8. The standard InChI is InChI=1S/C24H24Cl2N6O3/c1-14-16(23(33)32(28-14)19-10-15(25)4-5-17(19)26)13-27-18-11-21-22(30(3)24(34)29(21)2)12-20(18)31-6-8-35-9-7-31/h4-5,10-13,28H,6-9H2,1-3H3. The molecule has 5 rings (SSSR count). The molecule has 1 saturated heterocycles. The van der Waals surface area contributed by atoms with Crippen LogP contribution in [0.3, 0.4) is 0 Å². The number of fused-ring (bicyclic) bond motifs is 1. The fourth-order valence-corrected chi connectivity index (χ4v) is 4.72. The lowest BCUT2D eigenvalue weighted by Gasteiger charge is -2.30. The van der Waals surface area contributed by atoms with Gasteiger partial charge in [0, 0.05) is 44.1 Å². The zero-order chi connectivity index (χ0) is 24.9. The van der Waals surface area contributed by atoms with E-state index in [9.17, 15) is 9.59 Å². The highest BCUT2D eigenvalue weighted by Crippen LogP contribution is 2.34. The third-order valence-corrected chi connectivity index (χ3v) is 6.87. The van der Waals surface area contributed by atoms with Gasteiger partial charge in [0.1, 0.15) is 0 Å². The van der Waals surface area contributed by atoms with Crippen LogP contribution in [0.15, 0.2) is 44.9 Å². The van der Waals surface area contributed by atoms with Gasteiger partial charge < -0.3 is 9.64 Å². The van der Waals surface area contributed by atoms with Crippen molar-refractivity contribution in [3.05, 3.63) is 72.5 Å². The molecule has 0 aliphatic carbocycles. The number of ether oxygens (including phenoxy) is 1. The monoisotopic (exact) mass is 514 g/mol. The van der Waals surface area contributed by atoms with E-state index in [0.29, 0.717) is 59.0 Å². The molecule has 9 nitrogen and oxygen atoms in total. The second kappa shape index (κ2) is 9.07. The van der Waals surface area contributed by atoms with Gasteiger partial charge in [0.05, 0.1) is 51.9 Å². The summed E-state index contributed by atoms with van der Waals surface area (Å²) in [6.45, 7) is 4.43. The molecule has 1 fully saturated rings. The molecule has 0 radical (unpaired) electrons. The van der Waals surface area contributed by atoms with Gasteiger partial charge in [-0.3, -0.25) is 24.0 Å². The number of nitrogens with zero attached hydrogens (tertiary/aromatic N) is 5. The largest absolute Gasteiger partial charge is 0.378 e. The Labute approximate surface area is 210 Å². The van der Waals surface area contributed by atoms with Crippen LogP contribution in [0.4, 0.5) is 11.4 Å². The molecule has 1 aliphatic heterocycles. The molecule has 0 amide bonds. The molecule has 3 heterocycles. The minimum absolute atomic E-state index is 0.114. The van der Waals surface area contributed by atoms with Crippen LogP contribution in [-0.2, 0) is 18.8 Å². The van der Waals surface area contributed by atoms with Gasteiger partial charge in [0.2, 0.25) is 0 Å². The van der Waals surface area contributed by atoms with Crippen LogP contribution in [0.1, 0.15) is 11.3 Å². The maximum atomic E-state index is 13.2. The minimum atomic E-state index is -0.295. The Bertz CT molecular complexity index is 1590. The zero-order valence-electron chi connectivity index (χ0n) is 19.5. The Morgan fingerprint density at radius 2 is 1.69 bits per heavy atom. The van der Waals surface area contributed by atoms with E-state index in [2.05, 4.69) is 10.00 Å². The first-order valence-corrected chi connectivity index (χ1v) is 11.8. The van der Waals surface area contributed by atoms with Crippen LogP contribution in [0.5, 0.6) is 0 Å². The average Bonchev–Trinajstić information content (AvgIpc) is 3.26. The van der Waals surface area contributed by atoms with Gasteiger partial charge >= 0.3 is 5.69 Å². The number of aromatic nitrogens is 4. The number of halogens is 2. The summed E-state index contributed by atoms with van der Waals surface area (Å²) in [6, 6.07) is 8.79. The van der Waals surface area contributed by atoms with E-state index < -0.39 is 0 Å². The van der Waals surface area contributed by atoms with Crippen molar-refractivity contribution in [2.45, 2.75) is 6.92 Å².